The molecule has 3 amide bonds. The Morgan fingerprint density at radius 1 is 0.857 bits per heavy atom. The molecule has 35 heavy (non-hydrogen) atoms. The van der Waals surface area contributed by atoms with Crippen molar-refractivity contribution < 1.29 is 19.5 Å². The van der Waals surface area contributed by atoms with E-state index in [0.29, 0.717) is 33.0 Å². The maximum Gasteiger partial charge on any atom is 0.425 e. The summed E-state index contributed by atoms with van der Waals surface area (Å²) in [6.07, 6.45) is -1.43. The first-order valence-electron chi connectivity index (χ1n) is 10.4. The molecule has 0 aliphatic heterocycles. The number of amides is 3. The molecule has 0 aliphatic rings. The van der Waals surface area contributed by atoms with Crippen LogP contribution in [0.3, 0.4) is 0 Å². The van der Waals surface area contributed by atoms with Gasteiger partial charge in [0.05, 0.1) is 0 Å². The molecule has 1 aromatic heterocycles. The van der Waals surface area contributed by atoms with E-state index in [-0.39, 0.29) is 5.69 Å². The molecule has 0 saturated heterocycles. The van der Waals surface area contributed by atoms with Crippen LogP contribution in [0, 0.1) is 6.92 Å². The van der Waals surface area contributed by atoms with E-state index in [4.69, 9.17) is 11.6 Å². The van der Waals surface area contributed by atoms with Gasteiger partial charge in [-0.25, -0.2) is 10.2 Å². The predicted molar refractivity (Wildman–Crippen MR) is 132 cm³/mol. The second-order valence-corrected chi connectivity index (χ2v) is 7.99. The lowest BCUT2D eigenvalue weighted by Crippen LogP contribution is -2.43. The number of benzene rings is 3. The molecule has 10 heteroatoms. The van der Waals surface area contributed by atoms with Gasteiger partial charge in [-0.15, -0.1) is 0 Å². The minimum atomic E-state index is -1.43. The Morgan fingerprint density at radius 2 is 1.54 bits per heavy atom. The van der Waals surface area contributed by atoms with Crippen LogP contribution in [0.2, 0.25) is 5.02 Å². The molecular weight excluding hydrogens is 470 g/mol. The van der Waals surface area contributed by atoms with E-state index in [0.717, 1.165) is 10.4 Å². The number of hydrazine groups is 1. The Bertz CT molecular complexity index is 1420. The number of hydrogen-bond acceptors (Lipinski definition) is 4. The molecule has 0 bridgehead atoms. The summed E-state index contributed by atoms with van der Waals surface area (Å²) in [5.74, 6) is -1.31. The Labute approximate surface area is 205 Å². The fourth-order valence-electron chi connectivity index (χ4n) is 3.55. The maximum atomic E-state index is 13.3. The second kappa shape index (κ2) is 10.1. The van der Waals surface area contributed by atoms with Crippen LogP contribution in [-0.4, -0.2) is 32.9 Å². The summed E-state index contributed by atoms with van der Waals surface area (Å²) in [5, 5.41) is 14.1. The zero-order chi connectivity index (χ0) is 24.9. The van der Waals surface area contributed by atoms with Crippen molar-refractivity contribution in [2.45, 2.75) is 6.92 Å². The van der Waals surface area contributed by atoms with Gasteiger partial charge in [-0.2, -0.15) is 9.89 Å². The van der Waals surface area contributed by atoms with Gasteiger partial charge in [0.25, 0.3) is 11.8 Å². The first kappa shape index (κ1) is 23.5. The molecule has 176 valence electrons. The van der Waals surface area contributed by atoms with Gasteiger partial charge in [0, 0.05) is 21.7 Å². The zero-order valence-electron chi connectivity index (χ0n) is 18.4. The summed E-state index contributed by atoms with van der Waals surface area (Å²) in [6.45, 7) is 1.84. The normalized spacial score (nSPS) is 10.5. The minimum Gasteiger partial charge on any atom is -0.464 e. The molecular formula is C25H20ClN5O4. The first-order chi connectivity index (χ1) is 16.8. The van der Waals surface area contributed by atoms with Crippen LogP contribution in [0.5, 0.6) is 0 Å². The first-order valence-corrected chi connectivity index (χ1v) is 10.8. The van der Waals surface area contributed by atoms with E-state index in [1.807, 2.05) is 19.1 Å². The third kappa shape index (κ3) is 5.31. The van der Waals surface area contributed by atoms with Crippen molar-refractivity contribution in [3.05, 3.63) is 101 Å². The van der Waals surface area contributed by atoms with E-state index < -0.39 is 17.9 Å². The average Bonchev–Trinajstić information content (AvgIpc) is 3.21. The monoisotopic (exact) mass is 489 g/mol. The summed E-state index contributed by atoms with van der Waals surface area (Å²) >= 11 is 6.17. The summed E-state index contributed by atoms with van der Waals surface area (Å²) in [6, 6.07) is 22.5. The lowest BCUT2D eigenvalue weighted by atomic mass is 9.98. The van der Waals surface area contributed by atoms with Crippen molar-refractivity contribution in [3.63, 3.8) is 0 Å². The van der Waals surface area contributed by atoms with Crippen molar-refractivity contribution in [1.82, 2.24) is 20.7 Å². The second-order valence-electron chi connectivity index (χ2n) is 7.56. The minimum absolute atomic E-state index is 0.127. The van der Waals surface area contributed by atoms with Crippen LogP contribution < -0.4 is 16.3 Å². The third-order valence-corrected chi connectivity index (χ3v) is 5.27. The molecule has 0 fully saturated rings. The Balaban J connectivity index is 1.78. The van der Waals surface area contributed by atoms with Crippen molar-refractivity contribution in [2.24, 2.45) is 0 Å². The van der Waals surface area contributed by atoms with Gasteiger partial charge in [-0.05, 0) is 36.8 Å². The summed E-state index contributed by atoms with van der Waals surface area (Å²) < 4.78 is 0. The van der Waals surface area contributed by atoms with Crippen molar-refractivity contribution in [2.75, 3.05) is 5.43 Å². The van der Waals surface area contributed by atoms with Gasteiger partial charge in [-0.1, -0.05) is 71.8 Å². The van der Waals surface area contributed by atoms with Gasteiger partial charge >= 0.3 is 6.09 Å². The topological polar surface area (TPSA) is 125 Å². The average molecular weight is 490 g/mol. The number of aromatic nitrogens is 2. The number of nitrogens with one attached hydrogen (secondary N) is 3. The number of carboxylic acid groups (broad SMARTS) is 1. The Kier molecular flexibility index (Phi) is 6.79. The SMILES string of the molecule is Cc1cccc(C(=O)NNC(=O)c2c(-c3ccccc3)c(-c3cccc(Cl)c3)nn2NC(=O)O)c1. The van der Waals surface area contributed by atoms with E-state index in [1.54, 1.807) is 66.7 Å². The smallest absolute Gasteiger partial charge is 0.425 e. The molecule has 4 rings (SSSR count). The third-order valence-electron chi connectivity index (χ3n) is 5.03. The van der Waals surface area contributed by atoms with E-state index in [1.165, 1.54) is 0 Å². The molecule has 0 aliphatic carbocycles. The van der Waals surface area contributed by atoms with Crippen molar-refractivity contribution in [1.29, 1.82) is 0 Å². The van der Waals surface area contributed by atoms with Gasteiger partial charge in [0.2, 0.25) is 0 Å². The van der Waals surface area contributed by atoms with Crippen LogP contribution in [-0.2, 0) is 0 Å². The Morgan fingerprint density at radius 3 is 2.23 bits per heavy atom. The highest BCUT2D eigenvalue weighted by molar-refractivity contribution is 6.30. The predicted octanol–water partition coefficient (Wildman–Crippen LogP) is 4.48. The molecule has 4 N–H and O–H groups in total. The molecule has 0 radical (unpaired) electrons. The summed E-state index contributed by atoms with van der Waals surface area (Å²) in [7, 11) is 0. The fourth-order valence-corrected chi connectivity index (χ4v) is 3.74. The van der Waals surface area contributed by atoms with Gasteiger partial charge in [0.15, 0.2) is 5.69 Å². The molecule has 1 heterocycles. The number of hydrogen-bond donors (Lipinski definition) is 4. The van der Waals surface area contributed by atoms with Gasteiger partial charge < -0.3 is 5.11 Å². The zero-order valence-corrected chi connectivity index (χ0v) is 19.2. The van der Waals surface area contributed by atoms with E-state index in [9.17, 15) is 19.5 Å². The van der Waals surface area contributed by atoms with Crippen LogP contribution >= 0.6 is 11.6 Å². The van der Waals surface area contributed by atoms with Crippen molar-refractivity contribution >= 4 is 29.5 Å². The fraction of sp³-hybridized carbons (Fsp3) is 0.0400. The number of nitrogens with zero attached hydrogens (tertiary/aromatic N) is 2. The highest BCUT2D eigenvalue weighted by atomic mass is 35.5. The van der Waals surface area contributed by atoms with Gasteiger partial charge in [0.1, 0.15) is 5.69 Å². The molecule has 3 aromatic carbocycles. The van der Waals surface area contributed by atoms with Crippen molar-refractivity contribution in [3.8, 4) is 22.4 Å². The number of carbonyl (C=O) groups excluding carboxylic acids is 2. The lowest BCUT2D eigenvalue weighted by Gasteiger charge is -2.11. The molecule has 0 atom stereocenters. The van der Waals surface area contributed by atoms with Crippen LogP contribution in [0.4, 0.5) is 4.79 Å². The number of aryl methyl sites for hydroxylation is 1. The van der Waals surface area contributed by atoms with Crippen LogP contribution in [0.1, 0.15) is 26.4 Å². The van der Waals surface area contributed by atoms with Crippen LogP contribution in [0.15, 0.2) is 78.9 Å². The lowest BCUT2D eigenvalue weighted by molar-refractivity contribution is 0.0842. The molecule has 0 unspecified atom stereocenters. The molecule has 9 nitrogen and oxygen atoms in total. The van der Waals surface area contributed by atoms with Gasteiger partial charge in [-0.3, -0.25) is 20.4 Å². The number of carbonyl (C=O) groups is 3. The quantitative estimate of drug-likeness (QED) is 0.308. The van der Waals surface area contributed by atoms with Crippen LogP contribution in [0.25, 0.3) is 22.4 Å². The summed E-state index contributed by atoms with van der Waals surface area (Å²) in [5.41, 5.74) is 9.79. The molecule has 0 saturated carbocycles. The highest BCUT2D eigenvalue weighted by Gasteiger charge is 2.27. The number of halogens is 1. The van der Waals surface area contributed by atoms with E-state index >= 15 is 0 Å². The Hall–Kier alpha value is -4.63. The van der Waals surface area contributed by atoms with E-state index in [2.05, 4.69) is 21.4 Å². The largest absolute Gasteiger partial charge is 0.464 e. The highest BCUT2D eigenvalue weighted by Crippen LogP contribution is 2.35. The maximum absolute atomic E-state index is 13.3. The molecule has 0 spiro atoms. The number of rotatable bonds is 5. The summed E-state index contributed by atoms with van der Waals surface area (Å²) in [4.78, 5) is 38.2. The standard InChI is InChI=1S/C25H20ClN5O4/c1-15-7-5-11-18(13-15)23(32)27-28-24(33)22-20(16-8-3-2-4-9-16)21(29-31(22)30-25(34)35)17-10-6-12-19(26)14-17/h2-14,30H,1H3,(H,27,32)(H,28,33)(H,34,35). The molecule has 4 aromatic rings.